The number of thioether (sulfide) groups is 1. The second kappa shape index (κ2) is 7.69. The van der Waals surface area contributed by atoms with Gasteiger partial charge in [-0.25, -0.2) is 0 Å². The van der Waals surface area contributed by atoms with Gasteiger partial charge in [0.15, 0.2) is 0 Å². The molecule has 1 N–H and O–H groups in total. The first kappa shape index (κ1) is 16.2. The lowest BCUT2D eigenvalue weighted by atomic mass is 10.1. The number of hydrogen-bond acceptors (Lipinski definition) is 3. The molecule has 20 heavy (non-hydrogen) atoms. The number of aliphatic hydroxyl groups excluding tert-OH is 1. The Morgan fingerprint density at radius 2 is 2.05 bits per heavy atom. The zero-order valence-electron chi connectivity index (χ0n) is 12.3. The molecule has 0 saturated heterocycles. The molecule has 1 aliphatic rings. The Hall–Kier alpha value is -0.220. The van der Waals surface area contributed by atoms with Gasteiger partial charge in [-0.05, 0) is 49.8 Å². The molecule has 4 heteroatoms. The van der Waals surface area contributed by atoms with Crippen molar-refractivity contribution in [1.29, 1.82) is 0 Å². The molecule has 2 rings (SSSR count). The van der Waals surface area contributed by atoms with Gasteiger partial charge in [0.2, 0.25) is 0 Å². The molecule has 0 spiro atoms. The molecule has 1 fully saturated rings. The highest BCUT2D eigenvalue weighted by Crippen LogP contribution is 2.32. The Morgan fingerprint density at radius 3 is 2.70 bits per heavy atom. The van der Waals surface area contributed by atoms with E-state index in [1.54, 1.807) is 0 Å². The van der Waals surface area contributed by atoms with E-state index >= 15 is 0 Å². The van der Waals surface area contributed by atoms with E-state index in [1.165, 1.54) is 25.0 Å². The number of aliphatic hydroxyl groups is 1. The third kappa shape index (κ3) is 4.39. The molecule has 1 aromatic carbocycles. The lowest BCUT2D eigenvalue weighted by Crippen LogP contribution is -2.33. The molecule has 0 heterocycles. The van der Waals surface area contributed by atoms with Crippen LogP contribution >= 0.6 is 23.4 Å². The van der Waals surface area contributed by atoms with E-state index in [4.69, 9.17) is 11.6 Å². The van der Waals surface area contributed by atoms with Crippen LogP contribution in [0.2, 0.25) is 5.02 Å². The predicted octanol–water partition coefficient (Wildman–Crippen LogP) is 3.98. The SMILES string of the molecule is CCS[C@H]1CC[C@H](N(C)C[C@H](O)c2ccc(Cl)cc2)C1. The lowest BCUT2D eigenvalue weighted by Gasteiger charge is -2.27. The van der Waals surface area contributed by atoms with Crippen molar-refractivity contribution in [2.75, 3.05) is 19.3 Å². The van der Waals surface area contributed by atoms with E-state index in [0.29, 0.717) is 17.6 Å². The van der Waals surface area contributed by atoms with Crippen molar-refractivity contribution in [2.24, 2.45) is 0 Å². The van der Waals surface area contributed by atoms with Gasteiger partial charge in [0.1, 0.15) is 0 Å². The Bertz CT molecular complexity index is 411. The Balaban J connectivity index is 1.85. The average Bonchev–Trinajstić information content (AvgIpc) is 2.88. The molecule has 1 aliphatic carbocycles. The van der Waals surface area contributed by atoms with Crippen LogP contribution < -0.4 is 0 Å². The van der Waals surface area contributed by atoms with Crippen LogP contribution in [0.25, 0.3) is 0 Å². The van der Waals surface area contributed by atoms with Gasteiger partial charge in [0.25, 0.3) is 0 Å². The zero-order chi connectivity index (χ0) is 14.5. The van der Waals surface area contributed by atoms with Crippen LogP contribution in [0, 0.1) is 0 Å². The van der Waals surface area contributed by atoms with Crippen LogP contribution in [-0.4, -0.2) is 40.6 Å². The fourth-order valence-electron chi connectivity index (χ4n) is 2.92. The topological polar surface area (TPSA) is 23.5 Å². The monoisotopic (exact) mass is 313 g/mol. The van der Waals surface area contributed by atoms with Crippen molar-refractivity contribution in [3.05, 3.63) is 34.9 Å². The van der Waals surface area contributed by atoms with Gasteiger partial charge in [0, 0.05) is 22.9 Å². The Labute approximate surface area is 131 Å². The number of nitrogens with zero attached hydrogens (tertiary/aromatic N) is 1. The average molecular weight is 314 g/mol. The third-order valence-corrected chi connectivity index (χ3v) is 5.58. The quantitative estimate of drug-likeness (QED) is 0.859. The largest absolute Gasteiger partial charge is 0.387 e. The van der Waals surface area contributed by atoms with Gasteiger partial charge >= 0.3 is 0 Å². The molecule has 0 bridgehead atoms. The van der Waals surface area contributed by atoms with E-state index < -0.39 is 6.10 Å². The number of halogens is 1. The molecular weight excluding hydrogens is 290 g/mol. The second-order valence-corrected chi connectivity index (χ2v) is 7.56. The summed E-state index contributed by atoms with van der Waals surface area (Å²) in [6, 6.07) is 8.10. The fourth-order valence-corrected chi connectivity index (χ4v) is 4.18. The highest BCUT2D eigenvalue weighted by molar-refractivity contribution is 7.99. The number of hydrogen-bond donors (Lipinski definition) is 1. The summed E-state index contributed by atoms with van der Waals surface area (Å²) >= 11 is 7.95. The van der Waals surface area contributed by atoms with Crippen molar-refractivity contribution in [2.45, 2.75) is 43.6 Å². The van der Waals surface area contributed by atoms with E-state index in [0.717, 1.165) is 10.8 Å². The third-order valence-electron chi connectivity index (χ3n) is 4.10. The van der Waals surface area contributed by atoms with Gasteiger partial charge in [0.05, 0.1) is 6.10 Å². The van der Waals surface area contributed by atoms with Crippen LogP contribution in [0.3, 0.4) is 0 Å². The second-order valence-electron chi connectivity index (χ2n) is 5.55. The van der Waals surface area contributed by atoms with Gasteiger partial charge in [-0.3, -0.25) is 0 Å². The minimum absolute atomic E-state index is 0.435. The maximum atomic E-state index is 10.3. The molecule has 3 atom stereocenters. The minimum atomic E-state index is -0.435. The van der Waals surface area contributed by atoms with Crippen LogP contribution in [0.5, 0.6) is 0 Å². The van der Waals surface area contributed by atoms with Crippen LogP contribution in [-0.2, 0) is 0 Å². The van der Waals surface area contributed by atoms with Crippen molar-refractivity contribution >= 4 is 23.4 Å². The van der Waals surface area contributed by atoms with Crippen molar-refractivity contribution in [3.63, 3.8) is 0 Å². The smallest absolute Gasteiger partial charge is 0.0916 e. The number of likely N-dealkylation sites (N-methyl/N-ethyl adjacent to an activating group) is 1. The first-order valence-corrected chi connectivity index (χ1v) is 8.78. The van der Waals surface area contributed by atoms with Crippen LogP contribution in [0.15, 0.2) is 24.3 Å². The van der Waals surface area contributed by atoms with Gasteiger partial charge in [-0.2, -0.15) is 11.8 Å². The summed E-state index contributed by atoms with van der Waals surface area (Å²) in [6.45, 7) is 2.92. The molecule has 1 aromatic rings. The van der Waals surface area contributed by atoms with Gasteiger partial charge < -0.3 is 10.0 Å². The van der Waals surface area contributed by atoms with Crippen molar-refractivity contribution in [3.8, 4) is 0 Å². The molecule has 2 nitrogen and oxygen atoms in total. The summed E-state index contributed by atoms with van der Waals surface area (Å²) in [7, 11) is 2.13. The molecule has 1 saturated carbocycles. The highest BCUT2D eigenvalue weighted by Gasteiger charge is 2.28. The Morgan fingerprint density at radius 1 is 1.35 bits per heavy atom. The summed E-state index contributed by atoms with van der Waals surface area (Å²) in [6.07, 6.45) is 3.38. The van der Waals surface area contributed by atoms with E-state index in [1.807, 2.05) is 24.3 Å². The maximum Gasteiger partial charge on any atom is 0.0916 e. The molecule has 0 amide bonds. The van der Waals surface area contributed by atoms with E-state index in [9.17, 15) is 5.11 Å². The standard InChI is InChI=1S/C16H24ClNOS/c1-3-20-15-9-8-14(10-15)18(2)11-16(19)12-4-6-13(17)7-5-12/h4-7,14-16,19H,3,8-11H2,1-2H3/t14-,15-,16-/m0/s1. The summed E-state index contributed by atoms with van der Waals surface area (Å²) in [4.78, 5) is 2.31. The highest BCUT2D eigenvalue weighted by atomic mass is 35.5. The van der Waals surface area contributed by atoms with E-state index in [-0.39, 0.29) is 0 Å². The summed E-state index contributed by atoms with van der Waals surface area (Å²) in [5, 5.41) is 11.8. The summed E-state index contributed by atoms with van der Waals surface area (Å²) in [5.41, 5.74) is 0.943. The van der Waals surface area contributed by atoms with Crippen molar-refractivity contribution < 1.29 is 5.11 Å². The first-order chi connectivity index (χ1) is 9.60. The minimum Gasteiger partial charge on any atom is -0.387 e. The zero-order valence-corrected chi connectivity index (χ0v) is 13.8. The number of benzene rings is 1. The van der Waals surface area contributed by atoms with E-state index in [2.05, 4.69) is 30.6 Å². The molecule has 0 radical (unpaired) electrons. The van der Waals surface area contributed by atoms with Gasteiger partial charge in [-0.1, -0.05) is 30.7 Å². The summed E-state index contributed by atoms with van der Waals surface area (Å²) < 4.78 is 0. The lowest BCUT2D eigenvalue weighted by molar-refractivity contribution is 0.105. The maximum absolute atomic E-state index is 10.3. The first-order valence-electron chi connectivity index (χ1n) is 7.35. The molecule has 112 valence electrons. The molecular formula is C16H24ClNOS. The Kier molecular flexibility index (Phi) is 6.21. The number of rotatable bonds is 6. The van der Waals surface area contributed by atoms with Crippen molar-refractivity contribution in [1.82, 2.24) is 4.90 Å². The molecule has 0 aromatic heterocycles. The van der Waals surface area contributed by atoms with Gasteiger partial charge in [-0.15, -0.1) is 0 Å². The molecule has 0 unspecified atom stereocenters. The molecule has 0 aliphatic heterocycles. The van der Waals surface area contributed by atoms with Crippen LogP contribution in [0.1, 0.15) is 37.9 Å². The van der Waals surface area contributed by atoms with Crippen LogP contribution in [0.4, 0.5) is 0 Å². The predicted molar refractivity (Wildman–Crippen MR) is 88.6 cm³/mol. The fraction of sp³-hybridized carbons (Fsp3) is 0.625. The normalized spacial score (nSPS) is 24.2. The summed E-state index contributed by atoms with van der Waals surface area (Å²) in [5.74, 6) is 1.20.